The highest BCUT2D eigenvalue weighted by Gasteiger charge is 2.06. The summed E-state index contributed by atoms with van der Waals surface area (Å²) in [6.45, 7) is 0.487. The number of rotatable bonds is 5. The van der Waals surface area contributed by atoms with Crippen LogP contribution in [0.15, 0.2) is 91.8 Å². The molecule has 0 aliphatic rings. The molecule has 3 heterocycles. The van der Waals surface area contributed by atoms with Gasteiger partial charge >= 0.3 is 0 Å². The molecule has 4 heteroatoms. The van der Waals surface area contributed by atoms with E-state index in [1.165, 1.54) is 0 Å². The number of aromatic nitrogens is 3. The zero-order chi connectivity index (χ0) is 17.6. The molecule has 4 nitrogen and oxygen atoms in total. The molecule has 0 aliphatic heterocycles. The van der Waals surface area contributed by atoms with Crippen LogP contribution in [0.3, 0.4) is 0 Å². The topological polar surface area (TPSA) is 47.9 Å². The summed E-state index contributed by atoms with van der Waals surface area (Å²) in [6, 6.07) is 18.3. The fourth-order valence-corrected chi connectivity index (χ4v) is 2.80. The molecule has 1 aromatic carbocycles. The number of benzene rings is 1. The Morgan fingerprint density at radius 2 is 1.00 bits per heavy atom. The molecule has 0 fully saturated rings. The van der Waals surface area contributed by atoms with E-state index < -0.39 is 0 Å². The Morgan fingerprint density at radius 1 is 0.538 bits per heavy atom. The SMILES string of the molecule is c1cc(OCc2cc(-c3ccncc3)cc(-c3ccncc3)c2)ccn1. The van der Waals surface area contributed by atoms with E-state index in [-0.39, 0.29) is 0 Å². The van der Waals surface area contributed by atoms with E-state index in [0.29, 0.717) is 6.61 Å². The number of pyridine rings is 3. The molecule has 4 aromatic rings. The summed E-state index contributed by atoms with van der Waals surface area (Å²) < 4.78 is 5.91. The van der Waals surface area contributed by atoms with Crippen molar-refractivity contribution in [3.63, 3.8) is 0 Å². The molecule has 0 atom stereocenters. The summed E-state index contributed by atoms with van der Waals surface area (Å²) in [5, 5.41) is 0. The monoisotopic (exact) mass is 339 g/mol. The second-order valence-corrected chi connectivity index (χ2v) is 5.86. The molecule has 3 aromatic heterocycles. The number of ether oxygens (including phenoxy) is 1. The Hall–Kier alpha value is -3.53. The Labute approximate surface area is 152 Å². The largest absolute Gasteiger partial charge is 0.489 e. The highest BCUT2D eigenvalue weighted by atomic mass is 16.5. The Kier molecular flexibility index (Phi) is 4.65. The maximum atomic E-state index is 5.91. The first kappa shape index (κ1) is 16.0. The predicted octanol–water partition coefficient (Wildman–Crippen LogP) is 4.78. The van der Waals surface area contributed by atoms with Gasteiger partial charge in [-0.1, -0.05) is 0 Å². The van der Waals surface area contributed by atoms with Crippen LogP contribution in [0.2, 0.25) is 0 Å². The normalized spacial score (nSPS) is 10.5. The average molecular weight is 339 g/mol. The van der Waals surface area contributed by atoms with E-state index in [1.807, 2.05) is 61.2 Å². The lowest BCUT2D eigenvalue weighted by Gasteiger charge is -2.12. The van der Waals surface area contributed by atoms with Crippen LogP contribution in [-0.2, 0) is 6.61 Å². The van der Waals surface area contributed by atoms with Crippen LogP contribution in [0, 0.1) is 0 Å². The van der Waals surface area contributed by atoms with Crippen LogP contribution in [0.4, 0.5) is 0 Å². The van der Waals surface area contributed by atoms with Crippen LogP contribution >= 0.6 is 0 Å². The van der Waals surface area contributed by atoms with E-state index in [0.717, 1.165) is 33.6 Å². The molecule has 0 N–H and O–H groups in total. The van der Waals surface area contributed by atoms with E-state index >= 15 is 0 Å². The highest BCUT2D eigenvalue weighted by Crippen LogP contribution is 2.28. The van der Waals surface area contributed by atoms with Crippen molar-refractivity contribution >= 4 is 0 Å². The van der Waals surface area contributed by atoms with Crippen LogP contribution in [0.1, 0.15) is 5.56 Å². The summed E-state index contributed by atoms with van der Waals surface area (Å²) in [5.74, 6) is 0.805. The minimum Gasteiger partial charge on any atom is -0.489 e. The summed E-state index contributed by atoms with van der Waals surface area (Å²) in [7, 11) is 0. The molecule has 0 bridgehead atoms. The van der Waals surface area contributed by atoms with Crippen molar-refractivity contribution < 1.29 is 4.74 Å². The fraction of sp³-hybridized carbons (Fsp3) is 0.0455. The van der Waals surface area contributed by atoms with Gasteiger partial charge in [0.15, 0.2) is 0 Å². The second kappa shape index (κ2) is 7.57. The molecule has 0 aliphatic carbocycles. The van der Waals surface area contributed by atoms with Gasteiger partial charge in [0.2, 0.25) is 0 Å². The van der Waals surface area contributed by atoms with E-state index in [4.69, 9.17) is 4.74 Å². The van der Waals surface area contributed by atoms with Crippen molar-refractivity contribution in [2.24, 2.45) is 0 Å². The van der Waals surface area contributed by atoms with Gasteiger partial charge in [-0.05, 0) is 82.4 Å². The van der Waals surface area contributed by atoms with Crippen molar-refractivity contribution in [1.82, 2.24) is 15.0 Å². The third kappa shape index (κ3) is 3.75. The lowest BCUT2D eigenvalue weighted by atomic mass is 9.97. The number of hydrogen-bond donors (Lipinski definition) is 0. The maximum absolute atomic E-state index is 5.91. The summed E-state index contributed by atoms with van der Waals surface area (Å²) >= 11 is 0. The Morgan fingerprint density at radius 3 is 1.50 bits per heavy atom. The lowest BCUT2D eigenvalue weighted by Crippen LogP contribution is -1.97. The van der Waals surface area contributed by atoms with Crippen molar-refractivity contribution in [3.8, 4) is 28.0 Å². The molecule has 0 radical (unpaired) electrons. The molecule has 4 rings (SSSR count). The average Bonchev–Trinajstić information content (AvgIpc) is 2.74. The van der Waals surface area contributed by atoms with Gasteiger partial charge in [0, 0.05) is 37.2 Å². The minimum atomic E-state index is 0.487. The van der Waals surface area contributed by atoms with Gasteiger partial charge < -0.3 is 4.74 Å². The Balaban J connectivity index is 1.70. The summed E-state index contributed by atoms with van der Waals surface area (Å²) in [4.78, 5) is 12.2. The standard InChI is InChI=1S/C22H17N3O/c1-7-23-8-2-18(1)20-13-17(16-26-22-5-11-25-12-6-22)14-21(15-20)19-3-9-24-10-4-19/h1-15H,16H2. The lowest BCUT2D eigenvalue weighted by molar-refractivity contribution is 0.306. The van der Waals surface area contributed by atoms with E-state index in [2.05, 4.69) is 33.2 Å². The predicted molar refractivity (Wildman–Crippen MR) is 101 cm³/mol. The molecule has 0 unspecified atom stereocenters. The van der Waals surface area contributed by atoms with Crippen molar-refractivity contribution in [1.29, 1.82) is 0 Å². The van der Waals surface area contributed by atoms with Gasteiger partial charge in [0.05, 0.1) is 0 Å². The van der Waals surface area contributed by atoms with Gasteiger partial charge in [0.25, 0.3) is 0 Å². The van der Waals surface area contributed by atoms with E-state index in [1.54, 1.807) is 12.4 Å². The van der Waals surface area contributed by atoms with Gasteiger partial charge in [-0.2, -0.15) is 0 Å². The third-order valence-electron chi connectivity index (χ3n) is 4.08. The Bertz CT molecular complexity index is 916. The molecular weight excluding hydrogens is 322 g/mol. The second-order valence-electron chi connectivity index (χ2n) is 5.86. The summed E-state index contributed by atoms with van der Waals surface area (Å²) in [6.07, 6.45) is 10.7. The third-order valence-corrected chi connectivity index (χ3v) is 4.08. The van der Waals surface area contributed by atoms with Crippen LogP contribution in [-0.4, -0.2) is 15.0 Å². The molecule has 0 spiro atoms. The van der Waals surface area contributed by atoms with Gasteiger partial charge in [-0.3, -0.25) is 15.0 Å². The maximum Gasteiger partial charge on any atom is 0.122 e. The van der Waals surface area contributed by atoms with Crippen LogP contribution in [0.5, 0.6) is 5.75 Å². The minimum absolute atomic E-state index is 0.487. The molecule has 126 valence electrons. The van der Waals surface area contributed by atoms with Gasteiger partial charge in [-0.15, -0.1) is 0 Å². The van der Waals surface area contributed by atoms with Crippen molar-refractivity contribution in [2.75, 3.05) is 0 Å². The fourth-order valence-electron chi connectivity index (χ4n) is 2.80. The number of nitrogens with zero attached hydrogens (tertiary/aromatic N) is 3. The quantitative estimate of drug-likeness (QED) is 0.525. The van der Waals surface area contributed by atoms with Gasteiger partial charge in [0.1, 0.15) is 12.4 Å². The van der Waals surface area contributed by atoms with Crippen molar-refractivity contribution in [3.05, 3.63) is 97.3 Å². The number of hydrogen-bond acceptors (Lipinski definition) is 4. The zero-order valence-electron chi connectivity index (χ0n) is 14.1. The van der Waals surface area contributed by atoms with Crippen molar-refractivity contribution in [2.45, 2.75) is 6.61 Å². The van der Waals surface area contributed by atoms with Crippen LogP contribution < -0.4 is 4.74 Å². The zero-order valence-corrected chi connectivity index (χ0v) is 14.1. The summed E-state index contributed by atoms with van der Waals surface area (Å²) in [5.41, 5.74) is 5.62. The van der Waals surface area contributed by atoms with Gasteiger partial charge in [-0.25, -0.2) is 0 Å². The van der Waals surface area contributed by atoms with Crippen LogP contribution in [0.25, 0.3) is 22.3 Å². The molecular formula is C22H17N3O. The first-order valence-corrected chi connectivity index (χ1v) is 8.36. The molecule has 0 saturated heterocycles. The first-order chi connectivity index (χ1) is 12.9. The first-order valence-electron chi connectivity index (χ1n) is 8.36. The van der Waals surface area contributed by atoms with E-state index in [9.17, 15) is 0 Å². The smallest absolute Gasteiger partial charge is 0.122 e. The molecule has 0 saturated carbocycles. The molecule has 0 amide bonds. The highest BCUT2D eigenvalue weighted by molar-refractivity contribution is 5.73. The molecule has 26 heavy (non-hydrogen) atoms.